The molecule has 1 aliphatic carbocycles. The SMILES string of the molecule is COC(=O)CC1([C]=O)CCC(OC)CC1. The monoisotopic (exact) mass is 213 g/mol. The zero-order valence-electron chi connectivity index (χ0n) is 9.25. The van der Waals surface area contributed by atoms with E-state index in [1.54, 1.807) is 7.11 Å². The van der Waals surface area contributed by atoms with E-state index >= 15 is 0 Å². The number of carbonyl (C=O) groups is 1. The fraction of sp³-hybridized carbons (Fsp3) is 0.818. The van der Waals surface area contributed by atoms with Crippen LogP contribution in [0.4, 0.5) is 0 Å². The predicted octanol–water partition coefficient (Wildman–Crippen LogP) is 1.23. The van der Waals surface area contributed by atoms with E-state index in [0.29, 0.717) is 12.8 Å². The summed E-state index contributed by atoms with van der Waals surface area (Å²) < 4.78 is 9.80. The van der Waals surface area contributed by atoms with Crippen LogP contribution in [0.25, 0.3) is 0 Å². The van der Waals surface area contributed by atoms with Gasteiger partial charge in [-0.05, 0) is 25.7 Å². The van der Waals surface area contributed by atoms with Gasteiger partial charge in [0.1, 0.15) is 0 Å². The summed E-state index contributed by atoms with van der Waals surface area (Å²) in [5.74, 6) is -0.339. The van der Waals surface area contributed by atoms with E-state index in [4.69, 9.17) is 4.74 Å². The average Bonchev–Trinajstić information content (AvgIpc) is 2.30. The van der Waals surface area contributed by atoms with E-state index in [-0.39, 0.29) is 18.5 Å². The van der Waals surface area contributed by atoms with Crippen LogP contribution in [0.3, 0.4) is 0 Å². The first kappa shape index (κ1) is 12.2. The molecule has 85 valence electrons. The zero-order valence-corrected chi connectivity index (χ0v) is 9.25. The summed E-state index contributed by atoms with van der Waals surface area (Å²) in [6.45, 7) is 0. The molecule has 0 N–H and O–H groups in total. The van der Waals surface area contributed by atoms with Gasteiger partial charge in [0.25, 0.3) is 0 Å². The molecule has 1 saturated carbocycles. The minimum Gasteiger partial charge on any atom is -0.469 e. The van der Waals surface area contributed by atoms with Crippen LogP contribution in [0.1, 0.15) is 32.1 Å². The molecule has 0 saturated heterocycles. The van der Waals surface area contributed by atoms with E-state index in [1.165, 1.54) is 7.11 Å². The molecule has 1 radical (unpaired) electrons. The lowest BCUT2D eigenvalue weighted by molar-refractivity contribution is -0.143. The highest BCUT2D eigenvalue weighted by Gasteiger charge is 2.38. The van der Waals surface area contributed by atoms with Crippen molar-refractivity contribution in [3.63, 3.8) is 0 Å². The number of hydrogen-bond acceptors (Lipinski definition) is 4. The van der Waals surface area contributed by atoms with Crippen LogP contribution >= 0.6 is 0 Å². The van der Waals surface area contributed by atoms with E-state index in [9.17, 15) is 9.59 Å². The predicted molar refractivity (Wildman–Crippen MR) is 54.0 cm³/mol. The summed E-state index contributed by atoms with van der Waals surface area (Å²) in [4.78, 5) is 22.1. The second-order valence-electron chi connectivity index (χ2n) is 4.07. The van der Waals surface area contributed by atoms with E-state index < -0.39 is 5.41 Å². The molecule has 4 nitrogen and oxygen atoms in total. The second-order valence-corrected chi connectivity index (χ2v) is 4.07. The van der Waals surface area contributed by atoms with Crippen LogP contribution in [-0.2, 0) is 19.1 Å². The summed E-state index contributed by atoms with van der Waals surface area (Å²) in [5.41, 5.74) is -0.637. The smallest absolute Gasteiger partial charge is 0.306 e. The molecule has 0 unspecified atom stereocenters. The van der Waals surface area contributed by atoms with Crippen molar-refractivity contribution in [1.29, 1.82) is 0 Å². The first-order chi connectivity index (χ1) is 7.15. The van der Waals surface area contributed by atoms with Gasteiger partial charge in [-0.15, -0.1) is 0 Å². The van der Waals surface area contributed by atoms with Gasteiger partial charge >= 0.3 is 5.97 Å². The van der Waals surface area contributed by atoms with Crippen LogP contribution < -0.4 is 0 Å². The Hall–Kier alpha value is -0.900. The third kappa shape index (κ3) is 3.02. The molecule has 0 atom stereocenters. The molecule has 0 aromatic heterocycles. The molecule has 0 aliphatic heterocycles. The Morgan fingerprint density at radius 1 is 1.40 bits per heavy atom. The highest BCUT2D eigenvalue weighted by atomic mass is 16.5. The minimum atomic E-state index is -0.637. The highest BCUT2D eigenvalue weighted by molar-refractivity contribution is 5.76. The van der Waals surface area contributed by atoms with Gasteiger partial charge in [0, 0.05) is 12.5 Å². The summed E-state index contributed by atoms with van der Waals surface area (Å²) in [6, 6.07) is 0. The summed E-state index contributed by atoms with van der Waals surface area (Å²) in [5, 5.41) is 0. The second kappa shape index (κ2) is 5.26. The Labute approximate surface area is 89.9 Å². The standard InChI is InChI=1S/C11H17O4/c1-14-9-3-5-11(8-12,6-4-9)7-10(13)15-2/h9H,3-7H2,1-2H3. The number of hydrogen-bond donors (Lipinski definition) is 0. The van der Waals surface area contributed by atoms with Crippen LogP contribution in [-0.4, -0.2) is 32.6 Å². The highest BCUT2D eigenvalue weighted by Crippen LogP contribution is 2.38. The average molecular weight is 213 g/mol. The van der Waals surface area contributed by atoms with Crippen LogP contribution in [0.2, 0.25) is 0 Å². The molecule has 1 aliphatic rings. The van der Waals surface area contributed by atoms with Crippen molar-refractivity contribution in [3.05, 3.63) is 0 Å². The molecule has 0 bridgehead atoms. The zero-order chi connectivity index (χ0) is 11.3. The Morgan fingerprint density at radius 3 is 2.40 bits per heavy atom. The first-order valence-corrected chi connectivity index (χ1v) is 5.15. The third-order valence-corrected chi connectivity index (χ3v) is 3.15. The van der Waals surface area contributed by atoms with Crippen molar-refractivity contribution < 1.29 is 19.1 Å². The molecule has 0 spiro atoms. The van der Waals surface area contributed by atoms with Crippen molar-refractivity contribution in [3.8, 4) is 0 Å². The van der Waals surface area contributed by atoms with Gasteiger partial charge in [-0.25, -0.2) is 0 Å². The lowest BCUT2D eigenvalue weighted by Crippen LogP contribution is -2.34. The summed E-state index contributed by atoms with van der Waals surface area (Å²) >= 11 is 0. The lowest BCUT2D eigenvalue weighted by atomic mass is 9.72. The van der Waals surface area contributed by atoms with Gasteiger partial charge in [-0.3, -0.25) is 9.59 Å². The molecule has 0 aromatic carbocycles. The molecule has 0 aromatic rings. The van der Waals surface area contributed by atoms with Gasteiger partial charge in [0.15, 0.2) is 0 Å². The van der Waals surface area contributed by atoms with Crippen molar-refractivity contribution in [1.82, 2.24) is 0 Å². The van der Waals surface area contributed by atoms with Crippen LogP contribution in [0.15, 0.2) is 0 Å². The maximum Gasteiger partial charge on any atom is 0.306 e. The number of carbonyl (C=O) groups excluding carboxylic acids is 2. The van der Waals surface area contributed by atoms with E-state index in [0.717, 1.165) is 12.8 Å². The molecule has 0 amide bonds. The fourth-order valence-corrected chi connectivity index (χ4v) is 2.04. The maximum absolute atomic E-state index is 11.2. The molecule has 1 rings (SSSR count). The minimum absolute atomic E-state index is 0.142. The van der Waals surface area contributed by atoms with Crippen molar-refractivity contribution in [2.45, 2.75) is 38.2 Å². The Balaban J connectivity index is 2.56. The Kier molecular flexibility index (Phi) is 4.27. The van der Waals surface area contributed by atoms with Crippen molar-refractivity contribution in [2.24, 2.45) is 5.41 Å². The molecular weight excluding hydrogens is 196 g/mol. The lowest BCUT2D eigenvalue weighted by Gasteiger charge is -2.33. The number of esters is 1. The number of rotatable bonds is 4. The van der Waals surface area contributed by atoms with Crippen LogP contribution in [0, 0.1) is 5.41 Å². The molecule has 4 heteroatoms. The number of methoxy groups -OCH3 is 2. The molecule has 15 heavy (non-hydrogen) atoms. The van der Waals surface area contributed by atoms with Gasteiger partial charge in [0.05, 0.1) is 19.6 Å². The third-order valence-electron chi connectivity index (χ3n) is 3.15. The van der Waals surface area contributed by atoms with Gasteiger partial charge in [-0.1, -0.05) is 0 Å². The fourth-order valence-electron chi connectivity index (χ4n) is 2.04. The van der Waals surface area contributed by atoms with E-state index in [1.807, 2.05) is 6.29 Å². The summed E-state index contributed by atoms with van der Waals surface area (Å²) in [6.07, 6.45) is 5.31. The quantitative estimate of drug-likeness (QED) is 0.659. The largest absolute Gasteiger partial charge is 0.469 e. The molecule has 0 heterocycles. The van der Waals surface area contributed by atoms with Crippen LogP contribution in [0.5, 0.6) is 0 Å². The number of ether oxygens (including phenoxy) is 2. The van der Waals surface area contributed by atoms with Gasteiger partial charge in [0.2, 0.25) is 6.29 Å². The maximum atomic E-state index is 11.2. The molecule has 1 fully saturated rings. The van der Waals surface area contributed by atoms with Crippen molar-refractivity contribution >= 4 is 12.3 Å². The summed E-state index contributed by atoms with van der Waals surface area (Å²) in [7, 11) is 3.00. The Bertz CT molecular complexity index is 229. The van der Waals surface area contributed by atoms with Crippen molar-refractivity contribution in [2.75, 3.05) is 14.2 Å². The van der Waals surface area contributed by atoms with Gasteiger partial charge in [-0.2, -0.15) is 0 Å². The van der Waals surface area contributed by atoms with E-state index in [2.05, 4.69) is 4.74 Å². The van der Waals surface area contributed by atoms with Gasteiger partial charge < -0.3 is 9.47 Å². The Morgan fingerprint density at radius 2 is 2.00 bits per heavy atom. The molecular formula is C11H17O4. The first-order valence-electron chi connectivity index (χ1n) is 5.15. The normalized spacial score (nSPS) is 30.9. The topological polar surface area (TPSA) is 52.6 Å².